The Kier molecular flexibility index (Phi) is 7.04. The summed E-state index contributed by atoms with van der Waals surface area (Å²) >= 11 is 6.20. The third-order valence-corrected chi connectivity index (χ3v) is 5.26. The number of hydrogen-bond acceptors (Lipinski definition) is 6. The van der Waals surface area contributed by atoms with E-state index in [1.54, 1.807) is 18.2 Å². The maximum atomic E-state index is 13.1. The summed E-state index contributed by atoms with van der Waals surface area (Å²) in [6, 6.07) is 10.8. The van der Waals surface area contributed by atoms with Crippen molar-refractivity contribution in [1.29, 1.82) is 0 Å². The molecular weight excluding hydrogens is 422 g/mol. The Morgan fingerprint density at radius 3 is 2.45 bits per heavy atom. The highest BCUT2D eigenvalue weighted by molar-refractivity contribution is 6.36. The van der Waals surface area contributed by atoms with Gasteiger partial charge in [0.15, 0.2) is 0 Å². The summed E-state index contributed by atoms with van der Waals surface area (Å²) in [6.45, 7) is 4.91. The molecule has 31 heavy (non-hydrogen) atoms. The Morgan fingerprint density at radius 2 is 1.84 bits per heavy atom. The number of carbonyl (C=O) groups excluding carboxylic acids is 2. The lowest BCUT2D eigenvalue weighted by Gasteiger charge is -2.15. The number of nitro groups is 1. The first-order chi connectivity index (χ1) is 14.8. The predicted octanol–water partition coefficient (Wildman–Crippen LogP) is 4.18. The van der Waals surface area contributed by atoms with Crippen LogP contribution in [0.1, 0.15) is 24.5 Å². The second-order valence-corrected chi connectivity index (χ2v) is 7.36. The molecule has 2 amide bonds. The highest BCUT2D eigenvalue weighted by atomic mass is 35.5. The van der Waals surface area contributed by atoms with E-state index in [2.05, 4.69) is 5.32 Å². The first-order valence-corrected chi connectivity index (χ1v) is 10.2. The fourth-order valence-corrected chi connectivity index (χ4v) is 3.38. The fourth-order valence-electron chi connectivity index (χ4n) is 3.20. The molecule has 9 heteroatoms. The van der Waals surface area contributed by atoms with E-state index >= 15 is 0 Å². The van der Waals surface area contributed by atoms with E-state index in [1.165, 1.54) is 24.3 Å². The molecule has 0 spiro atoms. The first kappa shape index (κ1) is 22.5. The van der Waals surface area contributed by atoms with Gasteiger partial charge in [-0.15, -0.1) is 0 Å². The number of aryl methyl sites for hydroxylation is 1. The second-order valence-electron chi connectivity index (χ2n) is 6.96. The van der Waals surface area contributed by atoms with Gasteiger partial charge in [0.1, 0.15) is 5.70 Å². The van der Waals surface area contributed by atoms with Crippen LogP contribution in [-0.2, 0) is 14.3 Å². The molecule has 0 radical (unpaired) electrons. The Labute approximate surface area is 184 Å². The van der Waals surface area contributed by atoms with E-state index < -0.39 is 16.7 Å². The van der Waals surface area contributed by atoms with Crippen molar-refractivity contribution < 1.29 is 19.2 Å². The number of benzene rings is 2. The third kappa shape index (κ3) is 4.92. The molecule has 2 aromatic carbocycles. The van der Waals surface area contributed by atoms with Crippen molar-refractivity contribution in [2.24, 2.45) is 0 Å². The highest BCUT2D eigenvalue weighted by Crippen LogP contribution is 2.32. The molecule has 3 rings (SSSR count). The molecule has 0 unspecified atom stereocenters. The van der Waals surface area contributed by atoms with Gasteiger partial charge in [0.25, 0.3) is 17.5 Å². The number of nitrogens with one attached hydrogen (secondary N) is 1. The molecule has 0 fully saturated rings. The number of anilines is 1. The summed E-state index contributed by atoms with van der Waals surface area (Å²) in [7, 11) is 0. The standard InChI is InChI=1S/C22H22ClN3O5/c1-3-31-12-4-11-25-21(27)19(15-6-9-17(10-7-15)26(29)30)20(22(25)28)24-16-8-5-14(2)18(23)13-16/h5-10,13,24H,3-4,11-12H2,1-2H3. The van der Waals surface area contributed by atoms with Crippen LogP contribution in [0, 0.1) is 17.0 Å². The fraction of sp³-hybridized carbons (Fsp3) is 0.273. The normalized spacial score (nSPS) is 13.8. The van der Waals surface area contributed by atoms with Crippen LogP contribution in [-0.4, -0.2) is 41.4 Å². The van der Waals surface area contributed by atoms with Crippen LogP contribution in [0.3, 0.4) is 0 Å². The molecule has 162 valence electrons. The maximum absolute atomic E-state index is 13.1. The van der Waals surface area contributed by atoms with Crippen LogP contribution in [0.2, 0.25) is 5.02 Å². The monoisotopic (exact) mass is 443 g/mol. The van der Waals surface area contributed by atoms with Gasteiger partial charge in [0, 0.05) is 42.6 Å². The summed E-state index contributed by atoms with van der Waals surface area (Å²) in [5, 5.41) is 14.5. The summed E-state index contributed by atoms with van der Waals surface area (Å²) < 4.78 is 5.30. The van der Waals surface area contributed by atoms with E-state index in [1.807, 2.05) is 13.8 Å². The van der Waals surface area contributed by atoms with Crippen molar-refractivity contribution in [2.75, 3.05) is 25.1 Å². The molecule has 0 aromatic heterocycles. The van der Waals surface area contributed by atoms with Crippen molar-refractivity contribution in [3.05, 3.63) is 74.4 Å². The van der Waals surface area contributed by atoms with E-state index in [0.717, 1.165) is 10.5 Å². The van der Waals surface area contributed by atoms with E-state index in [-0.39, 0.29) is 23.5 Å². The van der Waals surface area contributed by atoms with E-state index in [4.69, 9.17) is 16.3 Å². The minimum absolute atomic E-state index is 0.102. The second kappa shape index (κ2) is 9.72. The van der Waals surface area contributed by atoms with Gasteiger partial charge in [-0.3, -0.25) is 24.6 Å². The van der Waals surface area contributed by atoms with Crippen molar-refractivity contribution in [2.45, 2.75) is 20.3 Å². The Hall–Kier alpha value is -3.23. The quantitative estimate of drug-likeness (QED) is 0.270. The first-order valence-electron chi connectivity index (χ1n) is 9.79. The molecular formula is C22H22ClN3O5. The van der Waals surface area contributed by atoms with Gasteiger partial charge < -0.3 is 10.1 Å². The lowest BCUT2D eigenvalue weighted by atomic mass is 10.0. The number of halogens is 1. The van der Waals surface area contributed by atoms with Gasteiger partial charge in [0.05, 0.1) is 10.5 Å². The molecule has 0 saturated carbocycles. The van der Waals surface area contributed by atoms with Crippen molar-refractivity contribution in [3.63, 3.8) is 0 Å². The number of amides is 2. The van der Waals surface area contributed by atoms with Crippen LogP contribution >= 0.6 is 11.6 Å². The Morgan fingerprint density at radius 1 is 1.13 bits per heavy atom. The zero-order chi connectivity index (χ0) is 22.5. The predicted molar refractivity (Wildman–Crippen MR) is 118 cm³/mol. The minimum atomic E-state index is -0.521. The SMILES string of the molecule is CCOCCCN1C(=O)C(Nc2ccc(C)c(Cl)c2)=C(c2ccc([N+](=O)[O-])cc2)C1=O. The van der Waals surface area contributed by atoms with Gasteiger partial charge in [-0.2, -0.15) is 0 Å². The Balaban J connectivity index is 1.97. The summed E-state index contributed by atoms with van der Waals surface area (Å²) in [4.78, 5) is 37.8. The molecule has 1 aliphatic rings. The number of hydrogen-bond donors (Lipinski definition) is 1. The van der Waals surface area contributed by atoms with Gasteiger partial charge in [-0.25, -0.2) is 0 Å². The Bertz CT molecular complexity index is 1050. The molecule has 1 heterocycles. The topological polar surface area (TPSA) is 102 Å². The number of ether oxygens (including phenoxy) is 1. The molecule has 2 aromatic rings. The van der Waals surface area contributed by atoms with Gasteiger partial charge >= 0.3 is 0 Å². The molecule has 1 N–H and O–H groups in total. The number of carbonyl (C=O) groups is 2. The van der Waals surface area contributed by atoms with Crippen molar-refractivity contribution >= 4 is 40.4 Å². The number of nitrogens with zero attached hydrogens (tertiary/aromatic N) is 2. The summed E-state index contributed by atoms with van der Waals surface area (Å²) in [6.07, 6.45) is 0.502. The largest absolute Gasteiger partial charge is 0.382 e. The average molecular weight is 444 g/mol. The van der Waals surface area contributed by atoms with Crippen LogP contribution in [0.15, 0.2) is 48.2 Å². The van der Waals surface area contributed by atoms with Crippen molar-refractivity contribution in [3.8, 4) is 0 Å². The molecule has 0 saturated heterocycles. The number of non-ortho nitro benzene ring substituents is 1. The van der Waals surface area contributed by atoms with Gasteiger partial charge in [0.2, 0.25) is 0 Å². The molecule has 0 aliphatic carbocycles. The van der Waals surface area contributed by atoms with Gasteiger partial charge in [-0.05, 0) is 55.7 Å². The maximum Gasteiger partial charge on any atom is 0.278 e. The molecule has 0 bridgehead atoms. The summed E-state index contributed by atoms with van der Waals surface area (Å²) in [5.41, 5.74) is 2.01. The molecule has 0 atom stereocenters. The summed E-state index contributed by atoms with van der Waals surface area (Å²) in [5.74, 6) is -0.928. The smallest absolute Gasteiger partial charge is 0.278 e. The van der Waals surface area contributed by atoms with Crippen LogP contribution < -0.4 is 5.32 Å². The number of rotatable bonds is 9. The minimum Gasteiger partial charge on any atom is -0.382 e. The lowest BCUT2D eigenvalue weighted by Crippen LogP contribution is -2.34. The van der Waals surface area contributed by atoms with Crippen LogP contribution in [0.5, 0.6) is 0 Å². The number of imide groups is 1. The number of nitro benzene ring substituents is 1. The van der Waals surface area contributed by atoms with E-state index in [9.17, 15) is 19.7 Å². The van der Waals surface area contributed by atoms with Crippen LogP contribution in [0.4, 0.5) is 11.4 Å². The van der Waals surface area contributed by atoms with E-state index in [0.29, 0.717) is 35.9 Å². The zero-order valence-corrected chi connectivity index (χ0v) is 17.9. The molecule has 1 aliphatic heterocycles. The van der Waals surface area contributed by atoms with Crippen molar-refractivity contribution in [1.82, 2.24) is 4.90 Å². The zero-order valence-electron chi connectivity index (χ0n) is 17.2. The molecule has 8 nitrogen and oxygen atoms in total. The van der Waals surface area contributed by atoms with Gasteiger partial charge in [-0.1, -0.05) is 17.7 Å². The third-order valence-electron chi connectivity index (χ3n) is 4.85. The lowest BCUT2D eigenvalue weighted by molar-refractivity contribution is -0.384. The van der Waals surface area contributed by atoms with Crippen LogP contribution in [0.25, 0.3) is 5.57 Å². The highest BCUT2D eigenvalue weighted by Gasteiger charge is 2.39. The average Bonchev–Trinajstić information content (AvgIpc) is 2.97.